The quantitative estimate of drug-likeness (QED) is 0.822. The first kappa shape index (κ1) is 14.8. The van der Waals surface area contributed by atoms with Crippen LogP contribution in [0.4, 0.5) is 5.82 Å². The van der Waals surface area contributed by atoms with Crippen molar-refractivity contribution >= 4 is 11.5 Å². The molecule has 0 saturated carbocycles. The summed E-state index contributed by atoms with van der Waals surface area (Å²) in [5, 5.41) is 8.11. The normalized spacial score (nSPS) is 12.1. The van der Waals surface area contributed by atoms with Crippen LogP contribution in [0.1, 0.15) is 45.5 Å². The van der Waals surface area contributed by atoms with E-state index in [4.69, 9.17) is 10.8 Å². The molecule has 0 atom stereocenters. The maximum Gasteiger partial charge on any atom is 0.157 e. The van der Waals surface area contributed by atoms with Crippen LogP contribution in [-0.2, 0) is 11.8 Å². The zero-order valence-electron chi connectivity index (χ0n) is 12.9. The number of aryl methyl sites for hydroxylation is 1. The van der Waals surface area contributed by atoms with Crippen LogP contribution < -0.4 is 11.1 Å². The van der Waals surface area contributed by atoms with Gasteiger partial charge in [0.1, 0.15) is 5.82 Å². The molecule has 0 aromatic carbocycles. The second kappa shape index (κ2) is 5.79. The Kier molecular flexibility index (Phi) is 4.28. The molecule has 110 valence electrons. The minimum Gasteiger partial charge on any atom is -0.370 e. The lowest BCUT2D eigenvalue weighted by atomic mass is 9.93. The van der Waals surface area contributed by atoms with Crippen molar-refractivity contribution in [2.75, 3.05) is 18.4 Å². The van der Waals surface area contributed by atoms with E-state index in [1.54, 1.807) is 0 Å². The zero-order valence-corrected chi connectivity index (χ0v) is 12.9. The van der Waals surface area contributed by atoms with Crippen LogP contribution in [0.2, 0.25) is 0 Å². The summed E-state index contributed by atoms with van der Waals surface area (Å²) < 4.78 is 1.90. The lowest BCUT2D eigenvalue weighted by Crippen LogP contribution is -2.14. The summed E-state index contributed by atoms with van der Waals surface area (Å²) in [7, 11) is 0. The van der Waals surface area contributed by atoms with Crippen LogP contribution in [0, 0.1) is 0 Å². The van der Waals surface area contributed by atoms with Gasteiger partial charge in [-0.1, -0.05) is 27.7 Å². The molecule has 0 bridgehead atoms. The molecule has 0 aliphatic heterocycles. The predicted octanol–water partition coefficient (Wildman–Crippen LogP) is 2.35. The van der Waals surface area contributed by atoms with Crippen molar-refractivity contribution in [1.82, 2.24) is 14.6 Å². The van der Waals surface area contributed by atoms with Gasteiger partial charge >= 0.3 is 0 Å². The van der Waals surface area contributed by atoms with Gasteiger partial charge in [-0.2, -0.15) is 9.61 Å². The van der Waals surface area contributed by atoms with Crippen molar-refractivity contribution in [2.24, 2.45) is 5.73 Å². The van der Waals surface area contributed by atoms with E-state index in [2.05, 4.69) is 50.1 Å². The van der Waals surface area contributed by atoms with Crippen LogP contribution in [0.25, 0.3) is 5.65 Å². The number of aromatic nitrogens is 3. The number of anilines is 1. The zero-order chi connectivity index (χ0) is 14.8. The van der Waals surface area contributed by atoms with E-state index in [0.717, 1.165) is 42.2 Å². The molecule has 0 aliphatic carbocycles. The molecular weight excluding hydrogens is 250 g/mol. The second-order valence-electron chi connectivity index (χ2n) is 6.10. The highest BCUT2D eigenvalue weighted by Crippen LogP contribution is 2.23. The molecule has 0 unspecified atom stereocenters. The molecule has 5 heteroatoms. The summed E-state index contributed by atoms with van der Waals surface area (Å²) in [5.41, 5.74) is 8.61. The fraction of sp³-hybridized carbons (Fsp3) is 0.600. The Balaban J connectivity index is 2.44. The van der Waals surface area contributed by atoms with Gasteiger partial charge in [0.25, 0.3) is 0 Å². The highest BCUT2D eigenvalue weighted by molar-refractivity contribution is 5.51. The predicted molar refractivity (Wildman–Crippen MR) is 83.2 cm³/mol. The maximum absolute atomic E-state index is 5.55. The number of nitrogens with two attached hydrogens (primary N) is 1. The molecule has 2 aromatic rings. The lowest BCUT2D eigenvalue weighted by Gasteiger charge is -2.14. The van der Waals surface area contributed by atoms with Gasteiger partial charge < -0.3 is 11.1 Å². The summed E-state index contributed by atoms with van der Waals surface area (Å²) in [5.74, 6) is 0.996. The molecular formula is C15H25N5. The van der Waals surface area contributed by atoms with E-state index < -0.39 is 0 Å². The Morgan fingerprint density at radius 1 is 1.30 bits per heavy atom. The third kappa shape index (κ3) is 3.10. The van der Waals surface area contributed by atoms with Crippen molar-refractivity contribution in [3.8, 4) is 0 Å². The standard InChI is InChI=1S/C15H25N5/c1-5-11-9-13(17-8-6-7-16)20-14(18-11)10-12(19-20)15(2,3)4/h9-10,17H,5-8,16H2,1-4H3. The first-order valence-corrected chi connectivity index (χ1v) is 7.30. The molecule has 2 rings (SSSR count). The molecule has 0 saturated heterocycles. The van der Waals surface area contributed by atoms with Crippen molar-refractivity contribution in [2.45, 2.75) is 46.0 Å². The van der Waals surface area contributed by atoms with Gasteiger partial charge in [0.05, 0.1) is 5.69 Å². The topological polar surface area (TPSA) is 68.2 Å². The number of nitrogens with zero attached hydrogens (tertiary/aromatic N) is 3. The summed E-state index contributed by atoms with van der Waals surface area (Å²) in [6.07, 6.45) is 1.86. The minimum atomic E-state index is 0.0224. The SMILES string of the molecule is CCc1cc(NCCCN)n2nc(C(C)(C)C)cc2n1. The van der Waals surface area contributed by atoms with Crippen LogP contribution >= 0.6 is 0 Å². The third-order valence-electron chi connectivity index (χ3n) is 3.30. The van der Waals surface area contributed by atoms with Crippen LogP contribution in [0.3, 0.4) is 0 Å². The average molecular weight is 275 g/mol. The van der Waals surface area contributed by atoms with Crippen LogP contribution in [-0.4, -0.2) is 27.7 Å². The average Bonchev–Trinajstić information content (AvgIpc) is 2.82. The Morgan fingerprint density at radius 3 is 2.65 bits per heavy atom. The molecule has 0 amide bonds. The number of fused-ring (bicyclic) bond motifs is 1. The summed E-state index contributed by atoms with van der Waals surface area (Å²) >= 11 is 0. The van der Waals surface area contributed by atoms with Gasteiger partial charge in [0, 0.05) is 29.8 Å². The Bertz CT molecular complexity index is 580. The summed E-state index contributed by atoms with van der Waals surface area (Å²) in [4.78, 5) is 4.65. The van der Waals surface area contributed by atoms with E-state index in [1.807, 2.05) is 4.52 Å². The van der Waals surface area contributed by atoms with E-state index >= 15 is 0 Å². The second-order valence-corrected chi connectivity index (χ2v) is 6.10. The Hall–Kier alpha value is -1.62. The monoisotopic (exact) mass is 275 g/mol. The fourth-order valence-corrected chi connectivity index (χ4v) is 2.02. The van der Waals surface area contributed by atoms with E-state index in [0.29, 0.717) is 6.54 Å². The number of rotatable bonds is 5. The third-order valence-corrected chi connectivity index (χ3v) is 3.30. The largest absolute Gasteiger partial charge is 0.370 e. The molecule has 2 heterocycles. The van der Waals surface area contributed by atoms with Crippen LogP contribution in [0.5, 0.6) is 0 Å². The van der Waals surface area contributed by atoms with Crippen molar-refractivity contribution in [3.63, 3.8) is 0 Å². The van der Waals surface area contributed by atoms with Gasteiger partial charge in [0.2, 0.25) is 0 Å². The van der Waals surface area contributed by atoms with Gasteiger partial charge in [-0.3, -0.25) is 0 Å². The Morgan fingerprint density at radius 2 is 2.05 bits per heavy atom. The minimum absolute atomic E-state index is 0.0224. The molecule has 5 nitrogen and oxygen atoms in total. The van der Waals surface area contributed by atoms with Crippen molar-refractivity contribution in [1.29, 1.82) is 0 Å². The summed E-state index contributed by atoms with van der Waals surface area (Å²) in [6.45, 7) is 10.1. The van der Waals surface area contributed by atoms with Gasteiger partial charge in [0.15, 0.2) is 5.65 Å². The first-order chi connectivity index (χ1) is 9.45. The van der Waals surface area contributed by atoms with Gasteiger partial charge in [-0.05, 0) is 19.4 Å². The lowest BCUT2D eigenvalue weighted by molar-refractivity contribution is 0.563. The fourth-order valence-electron chi connectivity index (χ4n) is 2.02. The highest BCUT2D eigenvalue weighted by Gasteiger charge is 2.19. The van der Waals surface area contributed by atoms with Crippen molar-refractivity contribution in [3.05, 3.63) is 23.5 Å². The van der Waals surface area contributed by atoms with Crippen LogP contribution in [0.15, 0.2) is 12.1 Å². The van der Waals surface area contributed by atoms with E-state index in [-0.39, 0.29) is 5.41 Å². The highest BCUT2D eigenvalue weighted by atomic mass is 15.3. The molecule has 3 N–H and O–H groups in total. The van der Waals surface area contributed by atoms with E-state index in [9.17, 15) is 0 Å². The summed E-state index contributed by atoms with van der Waals surface area (Å²) in [6, 6.07) is 4.15. The van der Waals surface area contributed by atoms with Gasteiger partial charge in [-0.25, -0.2) is 4.98 Å². The molecule has 0 radical (unpaired) electrons. The molecule has 0 aliphatic rings. The molecule has 20 heavy (non-hydrogen) atoms. The smallest absolute Gasteiger partial charge is 0.157 e. The van der Waals surface area contributed by atoms with Gasteiger partial charge in [-0.15, -0.1) is 0 Å². The Labute approximate surface area is 120 Å². The maximum atomic E-state index is 5.55. The number of nitrogens with one attached hydrogen (secondary N) is 1. The first-order valence-electron chi connectivity index (χ1n) is 7.30. The molecule has 0 spiro atoms. The molecule has 2 aromatic heterocycles. The van der Waals surface area contributed by atoms with E-state index in [1.165, 1.54) is 0 Å². The molecule has 0 fully saturated rings. The number of hydrogen-bond acceptors (Lipinski definition) is 4. The van der Waals surface area contributed by atoms with Crippen molar-refractivity contribution < 1.29 is 0 Å². The number of hydrogen-bond donors (Lipinski definition) is 2.